The standard InChI is InChI=1S/C23H23F3N6O3/c24-23(25,26)16-4-1-3-15(7-16)9-31-10-18(12-33)35-19(11-31)32-14-30-20-21(28-13-29-22(20)32)27-8-17-5-2-6-34-17/h1-7,13-14,18-19,33H,8-12H2,(H,27,28,29)/t18-,19+/m0/s1. The molecule has 0 aliphatic carbocycles. The van der Waals surface area contributed by atoms with Crippen LogP contribution < -0.4 is 5.32 Å². The number of hydrogen-bond acceptors (Lipinski definition) is 8. The van der Waals surface area contributed by atoms with Crippen LogP contribution in [0.4, 0.5) is 19.0 Å². The van der Waals surface area contributed by atoms with E-state index in [1.807, 2.05) is 11.0 Å². The molecule has 2 atom stereocenters. The summed E-state index contributed by atoms with van der Waals surface area (Å²) in [5.74, 6) is 1.27. The van der Waals surface area contributed by atoms with E-state index in [9.17, 15) is 18.3 Å². The Kier molecular flexibility index (Phi) is 6.41. The van der Waals surface area contributed by atoms with E-state index < -0.39 is 24.1 Å². The summed E-state index contributed by atoms with van der Waals surface area (Å²) < 4.78 is 52.5. The molecule has 0 amide bonds. The molecule has 184 valence electrons. The second kappa shape index (κ2) is 9.64. The van der Waals surface area contributed by atoms with Gasteiger partial charge in [-0.15, -0.1) is 0 Å². The van der Waals surface area contributed by atoms with Crippen molar-refractivity contribution >= 4 is 17.0 Å². The van der Waals surface area contributed by atoms with E-state index in [0.29, 0.717) is 42.2 Å². The second-order valence-corrected chi connectivity index (χ2v) is 8.27. The Morgan fingerprint density at radius 1 is 1.11 bits per heavy atom. The molecule has 0 spiro atoms. The minimum absolute atomic E-state index is 0.229. The number of aliphatic hydroxyl groups excluding tert-OH is 1. The molecule has 4 aromatic rings. The molecule has 2 N–H and O–H groups in total. The number of aromatic nitrogens is 4. The van der Waals surface area contributed by atoms with Gasteiger partial charge in [-0.05, 0) is 23.8 Å². The molecule has 1 aromatic carbocycles. The number of ether oxygens (including phenoxy) is 1. The molecule has 1 fully saturated rings. The lowest BCUT2D eigenvalue weighted by atomic mass is 10.1. The molecule has 0 unspecified atom stereocenters. The van der Waals surface area contributed by atoms with Gasteiger partial charge in [0.15, 0.2) is 17.0 Å². The maximum atomic E-state index is 13.1. The summed E-state index contributed by atoms with van der Waals surface area (Å²) in [6, 6.07) is 8.89. The van der Waals surface area contributed by atoms with Crippen LogP contribution in [0.3, 0.4) is 0 Å². The molecule has 12 heteroatoms. The number of benzene rings is 1. The summed E-state index contributed by atoms with van der Waals surface area (Å²) in [4.78, 5) is 15.0. The van der Waals surface area contributed by atoms with Crippen LogP contribution in [0.2, 0.25) is 0 Å². The van der Waals surface area contributed by atoms with Crippen molar-refractivity contribution in [1.82, 2.24) is 24.4 Å². The largest absolute Gasteiger partial charge is 0.467 e. The molecule has 5 rings (SSSR count). The molecular weight excluding hydrogens is 465 g/mol. The van der Waals surface area contributed by atoms with Crippen LogP contribution in [0, 0.1) is 0 Å². The number of nitrogens with one attached hydrogen (secondary N) is 1. The summed E-state index contributed by atoms with van der Waals surface area (Å²) in [6.45, 7) is 1.21. The third kappa shape index (κ3) is 5.14. The SMILES string of the molecule is OC[C@@H]1CN(Cc2cccc(C(F)(F)F)c2)C[C@H](n2cnc3c(NCc4ccco4)ncnc32)O1. The number of imidazole rings is 1. The number of alkyl halides is 3. The van der Waals surface area contributed by atoms with Gasteiger partial charge in [0.1, 0.15) is 18.3 Å². The zero-order valence-electron chi connectivity index (χ0n) is 18.5. The van der Waals surface area contributed by atoms with Crippen molar-refractivity contribution in [3.63, 3.8) is 0 Å². The summed E-state index contributed by atoms with van der Waals surface area (Å²) in [5, 5.41) is 13.0. The molecule has 4 heterocycles. The number of anilines is 1. The van der Waals surface area contributed by atoms with E-state index in [1.165, 1.54) is 12.4 Å². The minimum Gasteiger partial charge on any atom is -0.467 e. The van der Waals surface area contributed by atoms with Crippen molar-refractivity contribution in [2.45, 2.75) is 31.6 Å². The maximum absolute atomic E-state index is 13.1. The summed E-state index contributed by atoms with van der Waals surface area (Å²) in [7, 11) is 0. The lowest BCUT2D eigenvalue weighted by Gasteiger charge is -2.38. The number of aliphatic hydroxyl groups is 1. The quantitative estimate of drug-likeness (QED) is 0.408. The van der Waals surface area contributed by atoms with Gasteiger partial charge in [0.05, 0.1) is 37.4 Å². The first-order chi connectivity index (χ1) is 16.9. The maximum Gasteiger partial charge on any atom is 0.416 e. The van der Waals surface area contributed by atoms with Crippen molar-refractivity contribution in [3.05, 3.63) is 72.2 Å². The fourth-order valence-corrected chi connectivity index (χ4v) is 4.16. The normalized spacial score (nSPS) is 19.3. The van der Waals surface area contributed by atoms with Crippen LogP contribution in [0.5, 0.6) is 0 Å². The Labute approximate surface area is 198 Å². The predicted molar refractivity (Wildman–Crippen MR) is 119 cm³/mol. The first kappa shape index (κ1) is 23.3. The molecule has 3 aromatic heterocycles. The number of hydrogen-bond donors (Lipinski definition) is 2. The lowest BCUT2D eigenvalue weighted by molar-refractivity contribution is -0.138. The molecule has 1 aliphatic rings. The van der Waals surface area contributed by atoms with Gasteiger partial charge in [0, 0.05) is 19.6 Å². The first-order valence-corrected chi connectivity index (χ1v) is 11.0. The van der Waals surface area contributed by atoms with Crippen LogP contribution in [0.1, 0.15) is 23.1 Å². The Hall–Kier alpha value is -3.48. The van der Waals surface area contributed by atoms with E-state index in [2.05, 4.69) is 20.3 Å². The highest BCUT2D eigenvalue weighted by Gasteiger charge is 2.32. The number of nitrogens with zero attached hydrogens (tertiary/aromatic N) is 5. The number of fused-ring (bicyclic) bond motifs is 1. The smallest absolute Gasteiger partial charge is 0.416 e. The van der Waals surface area contributed by atoms with E-state index in [-0.39, 0.29) is 13.2 Å². The predicted octanol–water partition coefficient (Wildman–Crippen LogP) is 3.44. The highest BCUT2D eigenvalue weighted by molar-refractivity contribution is 5.82. The van der Waals surface area contributed by atoms with Crippen molar-refractivity contribution in [2.75, 3.05) is 25.0 Å². The fraction of sp³-hybridized carbons (Fsp3) is 0.348. The van der Waals surface area contributed by atoms with Gasteiger partial charge in [-0.1, -0.05) is 18.2 Å². The topological polar surface area (TPSA) is 101 Å². The molecule has 35 heavy (non-hydrogen) atoms. The Balaban J connectivity index is 1.36. The molecular formula is C23H23F3N6O3. The van der Waals surface area contributed by atoms with E-state index in [0.717, 1.165) is 17.9 Å². The van der Waals surface area contributed by atoms with Gasteiger partial charge < -0.3 is 19.6 Å². The van der Waals surface area contributed by atoms with Gasteiger partial charge in [-0.2, -0.15) is 13.2 Å². The van der Waals surface area contributed by atoms with Gasteiger partial charge in [-0.3, -0.25) is 9.47 Å². The van der Waals surface area contributed by atoms with E-state index in [4.69, 9.17) is 9.15 Å². The first-order valence-electron chi connectivity index (χ1n) is 11.0. The van der Waals surface area contributed by atoms with E-state index in [1.54, 1.807) is 29.3 Å². The molecule has 1 aliphatic heterocycles. The van der Waals surface area contributed by atoms with Crippen molar-refractivity contribution in [3.8, 4) is 0 Å². The van der Waals surface area contributed by atoms with Crippen molar-refractivity contribution < 1.29 is 27.4 Å². The third-order valence-corrected chi connectivity index (χ3v) is 5.77. The van der Waals surface area contributed by atoms with Crippen LogP contribution >= 0.6 is 0 Å². The molecule has 1 saturated heterocycles. The fourth-order valence-electron chi connectivity index (χ4n) is 4.16. The summed E-state index contributed by atoms with van der Waals surface area (Å²) >= 11 is 0. The van der Waals surface area contributed by atoms with Crippen molar-refractivity contribution in [2.24, 2.45) is 0 Å². The number of rotatable bonds is 7. The summed E-state index contributed by atoms with van der Waals surface area (Å²) in [5.41, 5.74) is 0.910. The highest BCUT2D eigenvalue weighted by Crippen LogP contribution is 2.31. The molecule has 0 bridgehead atoms. The Bertz CT molecular complexity index is 1280. The van der Waals surface area contributed by atoms with E-state index >= 15 is 0 Å². The zero-order chi connectivity index (χ0) is 24.4. The van der Waals surface area contributed by atoms with Crippen molar-refractivity contribution in [1.29, 1.82) is 0 Å². The van der Waals surface area contributed by atoms with Crippen LogP contribution in [0.25, 0.3) is 11.2 Å². The van der Waals surface area contributed by atoms with Gasteiger partial charge in [0.25, 0.3) is 0 Å². The number of halogens is 3. The van der Waals surface area contributed by atoms with Gasteiger partial charge in [0.2, 0.25) is 0 Å². The molecule has 0 saturated carbocycles. The number of furan rings is 1. The average molecular weight is 488 g/mol. The van der Waals surface area contributed by atoms with Gasteiger partial charge in [-0.25, -0.2) is 15.0 Å². The third-order valence-electron chi connectivity index (χ3n) is 5.77. The Morgan fingerprint density at radius 3 is 2.77 bits per heavy atom. The van der Waals surface area contributed by atoms with Gasteiger partial charge >= 0.3 is 6.18 Å². The average Bonchev–Trinajstić information content (AvgIpc) is 3.52. The number of morpholine rings is 1. The Morgan fingerprint density at radius 2 is 2.00 bits per heavy atom. The highest BCUT2D eigenvalue weighted by atomic mass is 19.4. The molecule has 9 nitrogen and oxygen atoms in total. The molecule has 0 radical (unpaired) electrons. The zero-order valence-corrected chi connectivity index (χ0v) is 18.5. The van der Waals surface area contributed by atoms with Crippen LogP contribution in [0.15, 0.2) is 59.7 Å². The minimum atomic E-state index is -4.41. The monoisotopic (exact) mass is 488 g/mol. The second-order valence-electron chi connectivity index (χ2n) is 8.27. The summed E-state index contributed by atoms with van der Waals surface area (Å²) in [6.07, 6.45) is -0.887. The van der Waals surface area contributed by atoms with Crippen LogP contribution in [-0.4, -0.2) is 55.3 Å². The lowest BCUT2D eigenvalue weighted by Crippen LogP contribution is -2.46. The van der Waals surface area contributed by atoms with Crippen LogP contribution in [-0.2, 0) is 24.0 Å².